The molecule has 0 amide bonds. The van der Waals surface area contributed by atoms with Crippen LogP contribution in [0, 0.1) is 5.92 Å². The zero-order valence-electron chi connectivity index (χ0n) is 6.01. The predicted molar refractivity (Wildman–Crippen MR) is 49.9 cm³/mol. The number of thiazole rings is 1. The van der Waals surface area contributed by atoms with Gasteiger partial charge in [-0.1, -0.05) is 0 Å². The summed E-state index contributed by atoms with van der Waals surface area (Å²) in [5.74, 6) is 0.827. The Balaban J connectivity index is 1.95. The molecule has 0 atom stereocenters. The summed E-state index contributed by atoms with van der Waals surface area (Å²) in [4.78, 5) is 4.28. The van der Waals surface area contributed by atoms with Crippen molar-refractivity contribution in [1.29, 1.82) is 0 Å². The van der Waals surface area contributed by atoms with Gasteiger partial charge in [-0.2, -0.15) is 0 Å². The molecule has 1 fully saturated rings. The average molecular weight is 233 g/mol. The number of hydrogen-bond acceptors (Lipinski definition) is 3. The van der Waals surface area contributed by atoms with Crippen molar-refractivity contribution in [2.45, 2.75) is 6.42 Å². The molecular weight excluding hydrogens is 224 g/mol. The van der Waals surface area contributed by atoms with Crippen LogP contribution in [0.5, 0.6) is 0 Å². The minimum atomic E-state index is 0.827. The normalized spacial score (nSPS) is 18.3. The van der Waals surface area contributed by atoms with Crippen LogP contribution in [0.1, 0.15) is 5.01 Å². The van der Waals surface area contributed by atoms with E-state index in [0.29, 0.717) is 0 Å². The third kappa shape index (κ3) is 1.80. The summed E-state index contributed by atoms with van der Waals surface area (Å²) in [5, 5.41) is 4.51. The van der Waals surface area contributed by atoms with Gasteiger partial charge in [0.15, 0.2) is 0 Å². The van der Waals surface area contributed by atoms with Crippen LogP contribution in [0.3, 0.4) is 0 Å². The lowest BCUT2D eigenvalue weighted by Gasteiger charge is -2.25. The van der Waals surface area contributed by atoms with Crippen molar-refractivity contribution in [1.82, 2.24) is 10.3 Å². The largest absolute Gasteiger partial charge is 0.316 e. The van der Waals surface area contributed by atoms with Gasteiger partial charge in [-0.25, -0.2) is 4.98 Å². The molecule has 1 aromatic heterocycles. The highest BCUT2D eigenvalue weighted by Gasteiger charge is 2.18. The van der Waals surface area contributed by atoms with Gasteiger partial charge in [0.05, 0.1) is 15.0 Å². The number of nitrogens with zero attached hydrogens (tertiary/aromatic N) is 1. The molecule has 1 aromatic rings. The highest BCUT2D eigenvalue weighted by Crippen LogP contribution is 2.22. The van der Waals surface area contributed by atoms with Crippen molar-refractivity contribution in [2.75, 3.05) is 13.1 Å². The topological polar surface area (TPSA) is 24.9 Å². The first-order chi connectivity index (χ1) is 5.34. The number of rotatable bonds is 2. The third-order valence-electron chi connectivity index (χ3n) is 1.85. The molecule has 2 nitrogen and oxygen atoms in total. The second kappa shape index (κ2) is 3.21. The fourth-order valence-corrected chi connectivity index (χ4v) is 2.54. The summed E-state index contributed by atoms with van der Waals surface area (Å²) in [6, 6.07) is 0. The van der Waals surface area contributed by atoms with Crippen LogP contribution in [0.2, 0.25) is 0 Å². The third-order valence-corrected chi connectivity index (χ3v) is 3.35. The van der Waals surface area contributed by atoms with E-state index in [9.17, 15) is 0 Å². The van der Waals surface area contributed by atoms with E-state index in [1.54, 1.807) is 11.3 Å². The SMILES string of the molecule is Brc1cnc(CC2CNC2)s1. The van der Waals surface area contributed by atoms with Crippen molar-refractivity contribution >= 4 is 27.3 Å². The molecule has 0 aromatic carbocycles. The molecule has 0 saturated carbocycles. The monoisotopic (exact) mass is 232 g/mol. The van der Waals surface area contributed by atoms with E-state index >= 15 is 0 Å². The Morgan fingerprint density at radius 1 is 1.73 bits per heavy atom. The van der Waals surface area contributed by atoms with E-state index in [1.165, 1.54) is 5.01 Å². The molecule has 0 radical (unpaired) electrons. The lowest BCUT2D eigenvalue weighted by molar-refractivity contribution is 0.346. The lowest BCUT2D eigenvalue weighted by Crippen LogP contribution is -2.43. The number of nitrogens with one attached hydrogen (secondary N) is 1. The first kappa shape index (κ1) is 7.71. The second-order valence-electron chi connectivity index (χ2n) is 2.79. The molecule has 1 N–H and O–H groups in total. The van der Waals surface area contributed by atoms with Gasteiger partial charge in [-0.05, 0) is 34.9 Å². The van der Waals surface area contributed by atoms with E-state index in [4.69, 9.17) is 0 Å². The van der Waals surface area contributed by atoms with Crippen molar-refractivity contribution in [3.8, 4) is 0 Å². The summed E-state index contributed by atoms with van der Waals surface area (Å²) in [7, 11) is 0. The minimum absolute atomic E-state index is 0.827. The Kier molecular flexibility index (Phi) is 2.25. The average Bonchev–Trinajstić information content (AvgIpc) is 2.27. The van der Waals surface area contributed by atoms with Crippen LogP contribution in [0.4, 0.5) is 0 Å². The van der Waals surface area contributed by atoms with Crippen LogP contribution in [0.15, 0.2) is 9.98 Å². The second-order valence-corrected chi connectivity index (χ2v) is 5.28. The van der Waals surface area contributed by atoms with Crippen LogP contribution in [-0.4, -0.2) is 18.1 Å². The van der Waals surface area contributed by atoms with Gasteiger partial charge < -0.3 is 5.32 Å². The van der Waals surface area contributed by atoms with E-state index in [1.807, 2.05) is 6.20 Å². The maximum absolute atomic E-state index is 4.28. The Morgan fingerprint density at radius 2 is 2.55 bits per heavy atom. The van der Waals surface area contributed by atoms with Gasteiger partial charge in [0.1, 0.15) is 0 Å². The maximum atomic E-state index is 4.28. The summed E-state index contributed by atoms with van der Waals surface area (Å²) in [5.41, 5.74) is 0. The summed E-state index contributed by atoms with van der Waals surface area (Å²) < 4.78 is 1.14. The fraction of sp³-hybridized carbons (Fsp3) is 0.571. The molecule has 0 bridgehead atoms. The van der Waals surface area contributed by atoms with E-state index in [0.717, 1.165) is 29.2 Å². The number of aromatic nitrogens is 1. The van der Waals surface area contributed by atoms with Gasteiger partial charge in [0.2, 0.25) is 0 Å². The van der Waals surface area contributed by atoms with E-state index in [-0.39, 0.29) is 0 Å². The Morgan fingerprint density at radius 3 is 3.00 bits per heavy atom. The minimum Gasteiger partial charge on any atom is -0.316 e. The molecule has 2 rings (SSSR count). The molecule has 1 saturated heterocycles. The molecule has 1 aliphatic rings. The molecule has 1 aliphatic heterocycles. The number of hydrogen-bond donors (Lipinski definition) is 1. The first-order valence-electron chi connectivity index (χ1n) is 3.65. The maximum Gasteiger partial charge on any atom is 0.0940 e. The Hall–Kier alpha value is 0.0700. The Labute approximate surface area is 78.2 Å². The molecule has 4 heteroatoms. The summed E-state index contributed by atoms with van der Waals surface area (Å²) in [6.45, 7) is 2.33. The van der Waals surface area contributed by atoms with Crippen LogP contribution >= 0.6 is 27.3 Å². The highest BCUT2D eigenvalue weighted by molar-refractivity contribution is 9.11. The number of halogens is 1. The molecule has 0 aliphatic carbocycles. The first-order valence-corrected chi connectivity index (χ1v) is 5.26. The molecule has 2 heterocycles. The van der Waals surface area contributed by atoms with Crippen LogP contribution in [0.25, 0.3) is 0 Å². The van der Waals surface area contributed by atoms with Crippen molar-refractivity contribution < 1.29 is 0 Å². The van der Waals surface area contributed by atoms with Crippen LogP contribution in [-0.2, 0) is 6.42 Å². The van der Waals surface area contributed by atoms with E-state index < -0.39 is 0 Å². The standard InChI is InChI=1S/C7H9BrN2S/c8-6-4-10-7(11-6)1-5-2-9-3-5/h4-5,9H,1-3H2. The van der Waals surface area contributed by atoms with Crippen molar-refractivity contribution in [2.24, 2.45) is 5.92 Å². The van der Waals surface area contributed by atoms with Gasteiger partial charge in [-0.15, -0.1) is 11.3 Å². The molecular formula is C7H9BrN2S. The van der Waals surface area contributed by atoms with E-state index in [2.05, 4.69) is 26.2 Å². The zero-order valence-corrected chi connectivity index (χ0v) is 8.41. The molecule has 11 heavy (non-hydrogen) atoms. The van der Waals surface area contributed by atoms with Crippen LogP contribution < -0.4 is 5.32 Å². The fourth-order valence-electron chi connectivity index (χ4n) is 1.12. The van der Waals surface area contributed by atoms with Crippen molar-refractivity contribution in [3.63, 3.8) is 0 Å². The van der Waals surface area contributed by atoms with Gasteiger partial charge in [0.25, 0.3) is 0 Å². The quantitative estimate of drug-likeness (QED) is 0.840. The lowest BCUT2D eigenvalue weighted by atomic mass is 10.0. The van der Waals surface area contributed by atoms with Gasteiger partial charge in [-0.3, -0.25) is 0 Å². The van der Waals surface area contributed by atoms with Crippen molar-refractivity contribution in [3.05, 3.63) is 15.0 Å². The molecule has 0 unspecified atom stereocenters. The van der Waals surface area contributed by atoms with Gasteiger partial charge in [0, 0.05) is 6.42 Å². The highest BCUT2D eigenvalue weighted by atomic mass is 79.9. The smallest absolute Gasteiger partial charge is 0.0940 e. The zero-order chi connectivity index (χ0) is 7.68. The van der Waals surface area contributed by atoms with Gasteiger partial charge >= 0.3 is 0 Å². The molecule has 60 valence electrons. The Bertz CT molecular complexity index is 244. The molecule has 0 spiro atoms. The summed E-state index contributed by atoms with van der Waals surface area (Å²) in [6.07, 6.45) is 3.02. The predicted octanol–water partition coefficient (Wildman–Crippen LogP) is 1.67. The summed E-state index contributed by atoms with van der Waals surface area (Å²) >= 11 is 5.15.